The van der Waals surface area contributed by atoms with Crippen molar-refractivity contribution in [2.24, 2.45) is 0 Å². The molecule has 0 aromatic carbocycles. The molecule has 0 atom stereocenters. The van der Waals surface area contributed by atoms with Gasteiger partial charge in [-0.15, -0.1) is 0 Å². The Morgan fingerprint density at radius 2 is 2.20 bits per heavy atom. The number of unbranched alkanes of at least 4 members (excludes halogenated alkanes) is 2. The highest BCUT2D eigenvalue weighted by atomic mass is 35.5. The summed E-state index contributed by atoms with van der Waals surface area (Å²) in [6, 6.07) is 1.39. The van der Waals surface area contributed by atoms with E-state index in [1.165, 1.54) is 17.6 Å². The maximum absolute atomic E-state index is 11.2. The van der Waals surface area contributed by atoms with E-state index in [2.05, 4.69) is 0 Å². The van der Waals surface area contributed by atoms with E-state index in [0.29, 0.717) is 17.3 Å². The van der Waals surface area contributed by atoms with Crippen molar-refractivity contribution in [3.05, 3.63) is 20.8 Å². The van der Waals surface area contributed by atoms with Gasteiger partial charge in [0.25, 0.3) is 5.56 Å². The zero-order valence-electron chi connectivity index (χ0n) is 8.11. The lowest BCUT2D eigenvalue weighted by atomic mass is 10.2. The molecule has 0 aliphatic heterocycles. The van der Waals surface area contributed by atoms with Gasteiger partial charge in [0.15, 0.2) is 0 Å². The first-order valence-electron chi connectivity index (χ1n) is 4.68. The van der Waals surface area contributed by atoms with Crippen LogP contribution in [0.25, 0.3) is 0 Å². The van der Waals surface area contributed by atoms with Gasteiger partial charge in [-0.1, -0.05) is 18.0 Å². The van der Waals surface area contributed by atoms with Gasteiger partial charge in [-0.25, -0.2) is 0 Å². The number of aliphatic carboxylic acids is 1. The molecule has 0 saturated carbocycles. The Bertz CT molecular complexity index is 385. The molecule has 6 heteroatoms. The average molecular weight is 250 g/mol. The number of rotatable bonds is 6. The predicted molar refractivity (Wildman–Crippen MR) is 59.7 cm³/mol. The van der Waals surface area contributed by atoms with Crippen molar-refractivity contribution in [3.8, 4) is 0 Å². The maximum Gasteiger partial charge on any atom is 0.303 e. The van der Waals surface area contributed by atoms with Crippen LogP contribution in [0.3, 0.4) is 0 Å². The Morgan fingerprint density at radius 3 is 2.73 bits per heavy atom. The highest BCUT2D eigenvalue weighted by Crippen LogP contribution is 2.13. The van der Waals surface area contributed by atoms with Crippen LogP contribution in [0.15, 0.2) is 10.9 Å². The summed E-state index contributed by atoms with van der Waals surface area (Å²) in [5.74, 6) is -0.772. The molecule has 0 amide bonds. The summed E-state index contributed by atoms with van der Waals surface area (Å²) in [5, 5.41) is 8.41. The van der Waals surface area contributed by atoms with Crippen LogP contribution in [0.1, 0.15) is 25.7 Å². The minimum atomic E-state index is -0.772. The van der Waals surface area contributed by atoms with Crippen molar-refractivity contribution in [3.63, 3.8) is 0 Å². The molecule has 0 saturated heterocycles. The molecule has 84 valence electrons. The molecule has 1 aromatic rings. The van der Waals surface area contributed by atoms with Crippen LogP contribution in [-0.2, 0) is 11.3 Å². The second-order valence-corrected chi connectivity index (χ2v) is 4.88. The fourth-order valence-electron chi connectivity index (χ4n) is 1.21. The lowest BCUT2D eigenvalue weighted by Gasteiger charge is -1.99. The summed E-state index contributed by atoms with van der Waals surface area (Å²) in [5.41, 5.74) is -0.0803. The number of nitrogens with zero attached hydrogens (tertiary/aromatic N) is 1. The van der Waals surface area contributed by atoms with Gasteiger partial charge in [-0.05, 0) is 24.4 Å². The Morgan fingerprint density at radius 1 is 1.47 bits per heavy atom. The molecule has 0 unspecified atom stereocenters. The molecular formula is C9H12ClNO3S. The van der Waals surface area contributed by atoms with Crippen molar-refractivity contribution in [2.75, 3.05) is 0 Å². The number of carboxylic acid groups (broad SMARTS) is 1. The van der Waals surface area contributed by atoms with Crippen molar-refractivity contribution in [2.45, 2.75) is 32.2 Å². The topological polar surface area (TPSA) is 59.3 Å². The number of hydrogen-bond donors (Lipinski definition) is 1. The molecule has 0 fully saturated rings. The molecule has 0 aliphatic carbocycles. The number of carbonyl (C=O) groups is 1. The fraction of sp³-hybridized carbons (Fsp3) is 0.556. The monoisotopic (exact) mass is 249 g/mol. The van der Waals surface area contributed by atoms with E-state index >= 15 is 0 Å². The molecule has 15 heavy (non-hydrogen) atoms. The number of aromatic nitrogens is 1. The minimum absolute atomic E-state index is 0.0803. The molecule has 1 heterocycles. The third-order valence-corrected chi connectivity index (χ3v) is 3.12. The Labute approximate surface area is 96.3 Å². The smallest absolute Gasteiger partial charge is 0.303 e. The second-order valence-electron chi connectivity index (χ2n) is 3.18. The van der Waals surface area contributed by atoms with Crippen molar-refractivity contribution >= 4 is 29.1 Å². The molecule has 0 bridgehead atoms. The zero-order valence-corrected chi connectivity index (χ0v) is 9.68. The van der Waals surface area contributed by atoms with Gasteiger partial charge in [0.05, 0.1) is 0 Å². The Kier molecular flexibility index (Phi) is 4.84. The number of hydrogen-bond acceptors (Lipinski definition) is 3. The standard InChI is InChI=1S/C9H12ClNO3S/c10-7-6-8(12)11(15-7)5-3-1-2-4-9(13)14/h6H,1-5H2,(H,13,14). The highest BCUT2D eigenvalue weighted by molar-refractivity contribution is 7.11. The Balaban J connectivity index is 2.23. The van der Waals surface area contributed by atoms with Gasteiger partial charge >= 0.3 is 5.97 Å². The molecule has 1 rings (SSSR count). The van der Waals surface area contributed by atoms with Crippen LogP contribution in [0.5, 0.6) is 0 Å². The molecule has 0 aliphatic rings. The van der Waals surface area contributed by atoms with E-state index in [1.54, 1.807) is 3.96 Å². The fourth-order valence-corrected chi connectivity index (χ4v) is 2.28. The van der Waals surface area contributed by atoms with Crippen LogP contribution in [0.2, 0.25) is 4.34 Å². The summed E-state index contributed by atoms with van der Waals surface area (Å²) in [6.45, 7) is 0.621. The second kappa shape index (κ2) is 5.92. The van der Waals surface area contributed by atoms with Crippen LogP contribution in [-0.4, -0.2) is 15.0 Å². The lowest BCUT2D eigenvalue weighted by Crippen LogP contribution is -2.11. The van der Waals surface area contributed by atoms with Gasteiger partial charge in [0, 0.05) is 19.0 Å². The van der Waals surface area contributed by atoms with Crippen LogP contribution >= 0.6 is 23.1 Å². The van der Waals surface area contributed by atoms with Crippen molar-refractivity contribution in [1.82, 2.24) is 3.96 Å². The quantitative estimate of drug-likeness (QED) is 0.787. The molecular weight excluding hydrogens is 238 g/mol. The van der Waals surface area contributed by atoms with E-state index < -0.39 is 5.97 Å². The molecule has 1 N–H and O–H groups in total. The first-order chi connectivity index (χ1) is 7.09. The molecule has 4 nitrogen and oxygen atoms in total. The van der Waals surface area contributed by atoms with E-state index in [4.69, 9.17) is 16.7 Å². The lowest BCUT2D eigenvalue weighted by molar-refractivity contribution is -0.137. The Hall–Kier alpha value is -0.810. The van der Waals surface area contributed by atoms with Crippen LogP contribution in [0, 0.1) is 0 Å². The molecule has 0 radical (unpaired) electrons. The van der Waals surface area contributed by atoms with Gasteiger partial charge in [0.1, 0.15) is 4.34 Å². The molecule has 0 spiro atoms. The van der Waals surface area contributed by atoms with Gasteiger partial charge in [-0.2, -0.15) is 0 Å². The largest absolute Gasteiger partial charge is 0.481 e. The van der Waals surface area contributed by atoms with E-state index in [0.717, 1.165) is 12.8 Å². The van der Waals surface area contributed by atoms with E-state index in [9.17, 15) is 9.59 Å². The van der Waals surface area contributed by atoms with Gasteiger partial charge in [0.2, 0.25) is 0 Å². The van der Waals surface area contributed by atoms with Crippen LogP contribution < -0.4 is 5.56 Å². The van der Waals surface area contributed by atoms with Crippen molar-refractivity contribution < 1.29 is 9.90 Å². The van der Waals surface area contributed by atoms with E-state index in [1.807, 2.05) is 0 Å². The minimum Gasteiger partial charge on any atom is -0.481 e. The maximum atomic E-state index is 11.2. The van der Waals surface area contributed by atoms with Gasteiger partial charge in [-0.3, -0.25) is 13.5 Å². The average Bonchev–Trinajstić information content (AvgIpc) is 2.44. The number of halogens is 1. The SMILES string of the molecule is O=C(O)CCCCCn1sc(Cl)cc1=O. The first-order valence-corrected chi connectivity index (χ1v) is 5.83. The first kappa shape index (κ1) is 12.3. The van der Waals surface area contributed by atoms with E-state index in [-0.39, 0.29) is 12.0 Å². The van der Waals surface area contributed by atoms with Crippen molar-refractivity contribution in [1.29, 1.82) is 0 Å². The summed E-state index contributed by atoms with van der Waals surface area (Å²) < 4.78 is 2.08. The number of carboxylic acids is 1. The summed E-state index contributed by atoms with van der Waals surface area (Å²) in [4.78, 5) is 21.4. The third-order valence-electron chi connectivity index (χ3n) is 1.93. The highest BCUT2D eigenvalue weighted by Gasteiger charge is 2.02. The summed E-state index contributed by atoms with van der Waals surface area (Å²) >= 11 is 6.90. The summed E-state index contributed by atoms with van der Waals surface area (Å²) in [7, 11) is 0. The van der Waals surface area contributed by atoms with Gasteiger partial charge < -0.3 is 5.11 Å². The molecule has 1 aromatic heterocycles. The number of aryl methyl sites for hydroxylation is 1. The predicted octanol–water partition coefficient (Wildman–Crippen LogP) is 2.21. The normalized spacial score (nSPS) is 10.5. The van der Waals surface area contributed by atoms with Crippen LogP contribution in [0.4, 0.5) is 0 Å². The third kappa shape index (κ3) is 4.48. The zero-order chi connectivity index (χ0) is 11.3. The summed E-state index contributed by atoms with van der Waals surface area (Å²) in [6.07, 6.45) is 2.47.